The lowest BCUT2D eigenvalue weighted by Crippen LogP contribution is -2.43. The van der Waals surface area contributed by atoms with Gasteiger partial charge in [-0.2, -0.15) is 11.8 Å². The summed E-state index contributed by atoms with van der Waals surface area (Å²) in [6, 6.07) is 8.60. The molecule has 1 unspecified atom stereocenters. The largest absolute Gasteiger partial charge is 0.355 e. The van der Waals surface area contributed by atoms with Gasteiger partial charge in [0.1, 0.15) is 0 Å². The van der Waals surface area contributed by atoms with Crippen molar-refractivity contribution in [3.05, 3.63) is 35.4 Å². The third-order valence-corrected chi connectivity index (χ3v) is 5.27. The summed E-state index contributed by atoms with van der Waals surface area (Å²) in [4.78, 5) is 4.30. The van der Waals surface area contributed by atoms with Gasteiger partial charge in [-0.15, -0.1) is 24.0 Å². The first-order valence-corrected chi connectivity index (χ1v) is 8.24. The van der Waals surface area contributed by atoms with E-state index in [9.17, 15) is 0 Å². The summed E-state index contributed by atoms with van der Waals surface area (Å²) in [5.41, 5.74) is 2.57. The molecular formula is C16H26IN3S. The first-order valence-electron chi connectivity index (χ1n) is 7.25. The molecule has 2 rings (SSSR count). The van der Waals surface area contributed by atoms with Crippen molar-refractivity contribution in [2.75, 3.05) is 19.3 Å². The Kier molecular flexibility index (Phi) is 7.87. The molecule has 1 fully saturated rings. The van der Waals surface area contributed by atoms with Crippen LogP contribution >= 0.6 is 35.7 Å². The topological polar surface area (TPSA) is 36.4 Å². The van der Waals surface area contributed by atoms with Gasteiger partial charge in [0.2, 0.25) is 0 Å². The molecule has 0 aliphatic carbocycles. The van der Waals surface area contributed by atoms with Gasteiger partial charge in [0.15, 0.2) is 5.96 Å². The van der Waals surface area contributed by atoms with Crippen LogP contribution < -0.4 is 10.6 Å². The van der Waals surface area contributed by atoms with Crippen molar-refractivity contribution in [2.45, 2.75) is 38.0 Å². The van der Waals surface area contributed by atoms with E-state index in [2.05, 4.69) is 65.5 Å². The minimum Gasteiger partial charge on any atom is -0.355 e. The fraction of sp³-hybridized carbons (Fsp3) is 0.562. The Labute approximate surface area is 149 Å². The molecular weight excluding hydrogens is 393 g/mol. The Hall–Kier alpha value is -0.430. The van der Waals surface area contributed by atoms with Crippen molar-refractivity contribution in [3.8, 4) is 0 Å². The fourth-order valence-corrected chi connectivity index (χ4v) is 3.60. The van der Waals surface area contributed by atoms with Crippen LogP contribution in [-0.4, -0.2) is 30.1 Å². The van der Waals surface area contributed by atoms with Crippen molar-refractivity contribution in [2.24, 2.45) is 4.99 Å². The van der Waals surface area contributed by atoms with Crippen molar-refractivity contribution < 1.29 is 0 Å². The number of aliphatic imine (C=N–C) groups is 1. The van der Waals surface area contributed by atoms with E-state index in [-0.39, 0.29) is 24.0 Å². The molecule has 118 valence electrons. The van der Waals surface area contributed by atoms with Crippen LogP contribution in [0.3, 0.4) is 0 Å². The molecule has 1 aliphatic rings. The number of benzene rings is 1. The van der Waals surface area contributed by atoms with E-state index < -0.39 is 0 Å². The number of halogens is 1. The predicted octanol–water partition coefficient (Wildman–Crippen LogP) is 3.56. The fourth-order valence-electron chi connectivity index (χ4n) is 2.36. The van der Waals surface area contributed by atoms with Gasteiger partial charge < -0.3 is 10.6 Å². The Morgan fingerprint density at radius 1 is 1.29 bits per heavy atom. The zero-order valence-electron chi connectivity index (χ0n) is 13.1. The second kappa shape index (κ2) is 8.88. The van der Waals surface area contributed by atoms with Gasteiger partial charge in [0.05, 0.1) is 0 Å². The molecule has 1 atom stereocenters. The van der Waals surface area contributed by atoms with Gasteiger partial charge in [-0.1, -0.05) is 29.8 Å². The number of aryl methyl sites for hydroxylation is 1. The van der Waals surface area contributed by atoms with Crippen LogP contribution in [0.5, 0.6) is 0 Å². The summed E-state index contributed by atoms with van der Waals surface area (Å²) >= 11 is 2.07. The van der Waals surface area contributed by atoms with Crippen LogP contribution in [-0.2, 0) is 6.54 Å². The average molecular weight is 419 g/mol. The highest BCUT2D eigenvalue weighted by Crippen LogP contribution is 2.36. The molecule has 0 aromatic heterocycles. The smallest absolute Gasteiger partial charge is 0.191 e. The maximum absolute atomic E-state index is 4.30. The van der Waals surface area contributed by atoms with Gasteiger partial charge in [-0.3, -0.25) is 4.99 Å². The van der Waals surface area contributed by atoms with Crippen molar-refractivity contribution in [1.82, 2.24) is 10.6 Å². The van der Waals surface area contributed by atoms with Gasteiger partial charge in [-0.25, -0.2) is 0 Å². The summed E-state index contributed by atoms with van der Waals surface area (Å²) in [6.07, 6.45) is 2.62. The number of guanidine groups is 1. The van der Waals surface area contributed by atoms with Gasteiger partial charge in [0, 0.05) is 24.9 Å². The zero-order chi connectivity index (χ0) is 14.4. The normalized spacial score (nSPS) is 21.8. The Morgan fingerprint density at radius 2 is 2.00 bits per heavy atom. The first-order chi connectivity index (χ1) is 9.61. The van der Waals surface area contributed by atoms with Gasteiger partial charge in [0.25, 0.3) is 0 Å². The molecule has 1 aliphatic heterocycles. The van der Waals surface area contributed by atoms with Crippen molar-refractivity contribution in [3.63, 3.8) is 0 Å². The summed E-state index contributed by atoms with van der Waals surface area (Å²) < 4.78 is 0.363. The summed E-state index contributed by atoms with van der Waals surface area (Å²) in [5.74, 6) is 2.17. The van der Waals surface area contributed by atoms with E-state index in [1.807, 2.05) is 7.05 Å². The lowest BCUT2D eigenvalue weighted by molar-refractivity contribution is 0.584. The molecule has 1 aromatic carbocycles. The molecule has 0 amide bonds. The van der Waals surface area contributed by atoms with Crippen LogP contribution in [0.15, 0.2) is 29.3 Å². The van der Waals surface area contributed by atoms with Crippen molar-refractivity contribution >= 4 is 41.7 Å². The first kappa shape index (κ1) is 18.6. The quantitative estimate of drug-likeness (QED) is 0.445. The number of nitrogens with zero attached hydrogens (tertiary/aromatic N) is 1. The lowest BCUT2D eigenvalue weighted by atomic mass is 10.1. The summed E-state index contributed by atoms with van der Waals surface area (Å²) in [6.45, 7) is 6.23. The Bertz CT molecular complexity index is 453. The lowest BCUT2D eigenvalue weighted by Gasteiger charge is -2.24. The zero-order valence-corrected chi connectivity index (χ0v) is 16.3. The highest BCUT2D eigenvalue weighted by Gasteiger charge is 2.29. The Morgan fingerprint density at radius 3 is 2.57 bits per heavy atom. The van der Waals surface area contributed by atoms with Crippen LogP contribution in [0.25, 0.3) is 0 Å². The van der Waals surface area contributed by atoms with E-state index in [1.165, 1.54) is 29.7 Å². The highest BCUT2D eigenvalue weighted by molar-refractivity contribution is 14.0. The average Bonchev–Trinajstić information content (AvgIpc) is 2.88. The molecule has 0 radical (unpaired) electrons. The molecule has 0 saturated carbocycles. The predicted molar refractivity (Wildman–Crippen MR) is 105 cm³/mol. The third-order valence-electron chi connectivity index (χ3n) is 3.73. The third kappa shape index (κ3) is 6.06. The SMILES string of the molecule is CN=C(NCc1ccc(C)cc1)NCC1(C)CCCS1.I. The minimum atomic E-state index is 0. The second-order valence-corrected chi connectivity index (χ2v) is 7.35. The number of hydrogen-bond acceptors (Lipinski definition) is 2. The molecule has 1 aromatic rings. The molecule has 0 bridgehead atoms. The standard InChI is InChI=1S/C16H25N3S.HI/c1-13-5-7-14(8-6-13)11-18-15(17-3)19-12-16(2)9-4-10-20-16;/h5-8H,4,9-12H2,1-3H3,(H2,17,18,19);1H. The molecule has 3 nitrogen and oxygen atoms in total. The maximum Gasteiger partial charge on any atom is 0.191 e. The molecule has 1 heterocycles. The molecule has 2 N–H and O–H groups in total. The van der Waals surface area contributed by atoms with E-state index in [4.69, 9.17) is 0 Å². The van der Waals surface area contributed by atoms with Crippen LogP contribution in [0.2, 0.25) is 0 Å². The maximum atomic E-state index is 4.30. The van der Waals surface area contributed by atoms with Crippen LogP contribution in [0.1, 0.15) is 30.9 Å². The molecule has 5 heteroatoms. The monoisotopic (exact) mass is 419 g/mol. The molecule has 1 saturated heterocycles. The number of thioether (sulfide) groups is 1. The van der Waals surface area contributed by atoms with E-state index in [0.29, 0.717) is 4.75 Å². The number of hydrogen-bond donors (Lipinski definition) is 2. The summed E-state index contributed by atoms with van der Waals surface area (Å²) in [7, 11) is 1.83. The molecule has 0 spiro atoms. The van der Waals surface area contributed by atoms with Crippen molar-refractivity contribution in [1.29, 1.82) is 0 Å². The number of nitrogens with one attached hydrogen (secondary N) is 2. The van der Waals surface area contributed by atoms with E-state index in [1.54, 1.807) is 0 Å². The van der Waals surface area contributed by atoms with Gasteiger partial charge in [-0.05, 0) is 38.0 Å². The van der Waals surface area contributed by atoms with Crippen LogP contribution in [0.4, 0.5) is 0 Å². The summed E-state index contributed by atoms with van der Waals surface area (Å²) in [5, 5.41) is 6.83. The van der Waals surface area contributed by atoms with Gasteiger partial charge >= 0.3 is 0 Å². The minimum absolute atomic E-state index is 0. The number of rotatable bonds is 4. The van der Waals surface area contributed by atoms with E-state index in [0.717, 1.165) is 19.0 Å². The van der Waals surface area contributed by atoms with Crippen LogP contribution in [0, 0.1) is 6.92 Å². The second-order valence-electron chi connectivity index (χ2n) is 5.67. The Balaban J connectivity index is 0.00000220. The molecule has 21 heavy (non-hydrogen) atoms. The highest BCUT2D eigenvalue weighted by atomic mass is 127. The van der Waals surface area contributed by atoms with E-state index >= 15 is 0 Å².